The first kappa shape index (κ1) is 11.0. The second kappa shape index (κ2) is 4.97. The van der Waals surface area contributed by atoms with Crippen LogP contribution in [0, 0.1) is 5.92 Å². The van der Waals surface area contributed by atoms with Crippen molar-refractivity contribution >= 4 is 0 Å². The quantitative estimate of drug-likeness (QED) is 0.665. The zero-order chi connectivity index (χ0) is 9.84. The Kier molecular flexibility index (Phi) is 4.20. The summed E-state index contributed by atoms with van der Waals surface area (Å²) in [6.07, 6.45) is 2.60. The molecule has 0 N–H and O–H groups in total. The smallest absolute Gasteiger partial charge is 0.0503 e. The summed E-state index contributed by atoms with van der Waals surface area (Å²) in [4.78, 5) is 2.61. The van der Waals surface area contributed by atoms with Crippen LogP contribution in [0.15, 0.2) is 0 Å². The van der Waals surface area contributed by atoms with Gasteiger partial charge in [-0.25, -0.2) is 0 Å². The number of ether oxygens (including phenoxy) is 1. The molecule has 2 heteroatoms. The highest BCUT2D eigenvalue weighted by atomic mass is 16.5. The largest absolute Gasteiger partial charge is 0.384 e. The molecule has 78 valence electrons. The number of methoxy groups -OCH3 is 1. The third-order valence-electron chi connectivity index (χ3n) is 3.08. The fourth-order valence-electron chi connectivity index (χ4n) is 2.43. The van der Waals surface area contributed by atoms with Gasteiger partial charge in [-0.1, -0.05) is 6.92 Å². The van der Waals surface area contributed by atoms with E-state index in [4.69, 9.17) is 4.74 Å². The van der Waals surface area contributed by atoms with Crippen molar-refractivity contribution < 1.29 is 4.74 Å². The van der Waals surface area contributed by atoms with Gasteiger partial charge in [-0.2, -0.15) is 0 Å². The zero-order valence-corrected chi connectivity index (χ0v) is 9.42. The number of nitrogens with zero attached hydrogens (tertiary/aromatic N) is 1. The van der Waals surface area contributed by atoms with Gasteiger partial charge in [0, 0.05) is 25.7 Å². The first-order valence-corrected chi connectivity index (χ1v) is 5.43. The highest BCUT2D eigenvalue weighted by Crippen LogP contribution is 2.27. The summed E-state index contributed by atoms with van der Waals surface area (Å²) in [7, 11) is 1.80. The average Bonchev–Trinajstić information content (AvgIpc) is 2.48. The van der Waals surface area contributed by atoms with Crippen LogP contribution in [0.5, 0.6) is 0 Å². The Morgan fingerprint density at radius 1 is 1.46 bits per heavy atom. The van der Waals surface area contributed by atoms with E-state index in [1.807, 2.05) is 0 Å². The number of likely N-dealkylation sites (tertiary alicyclic amines) is 1. The molecule has 0 spiro atoms. The highest BCUT2D eigenvalue weighted by molar-refractivity contribution is 4.86. The Balaban J connectivity index is 2.46. The third-order valence-corrected chi connectivity index (χ3v) is 3.08. The van der Waals surface area contributed by atoms with E-state index in [0.29, 0.717) is 6.04 Å². The van der Waals surface area contributed by atoms with E-state index in [1.165, 1.54) is 19.4 Å². The molecule has 2 atom stereocenters. The Morgan fingerprint density at radius 3 is 2.54 bits per heavy atom. The second-order valence-electron chi connectivity index (χ2n) is 4.41. The molecule has 1 rings (SSSR count). The standard InChI is InChI=1S/C11H23NO/c1-5-11-6-10(8-13-4)7-12(11)9(2)3/h9-11H,5-8H2,1-4H3/t10-,11+/m0/s1. The van der Waals surface area contributed by atoms with Gasteiger partial charge in [0.25, 0.3) is 0 Å². The van der Waals surface area contributed by atoms with E-state index < -0.39 is 0 Å². The van der Waals surface area contributed by atoms with Crippen molar-refractivity contribution in [3.63, 3.8) is 0 Å². The molecular formula is C11H23NO. The highest BCUT2D eigenvalue weighted by Gasteiger charge is 2.31. The molecule has 0 saturated carbocycles. The first-order valence-electron chi connectivity index (χ1n) is 5.43. The van der Waals surface area contributed by atoms with Gasteiger partial charge >= 0.3 is 0 Å². The topological polar surface area (TPSA) is 12.5 Å². The van der Waals surface area contributed by atoms with Gasteiger partial charge in [-0.05, 0) is 32.6 Å². The summed E-state index contributed by atoms with van der Waals surface area (Å²) >= 11 is 0. The SMILES string of the molecule is CC[C@@H]1C[C@H](COC)CN1C(C)C. The summed E-state index contributed by atoms with van der Waals surface area (Å²) in [5.41, 5.74) is 0. The normalized spacial score (nSPS) is 30.2. The van der Waals surface area contributed by atoms with Crippen LogP contribution in [0.25, 0.3) is 0 Å². The molecule has 0 unspecified atom stereocenters. The fraction of sp³-hybridized carbons (Fsp3) is 1.00. The summed E-state index contributed by atoms with van der Waals surface area (Å²) < 4.78 is 5.22. The van der Waals surface area contributed by atoms with Crippen molar-refractivity contribution in [3.05, 3.63) is 0 Å². The summed E-state index contributed by atoms with van der Waals surface area (Å²) in [6.45, 7) is 9.02. The van der Waals surface area contributed by atoms with Gasteiger partial charge in [0.15, 0.2) is 0 Å². The first-order chi connectivity index (χ1) is 6.19. The zero-order valence-electron chi connectivity index (χ0n) is 9.42. The van der Waals surface area contributed by atoms with E-state index in [1.54, 1.807) is 7.11 Å². The van der Waals surface area contributed by atoms with Crippen LogP contribution in [-0.4, -0.2) is 37.2 Å². The summed E-state index contributed by atoms with van der Waals surface area (Å²) in [5.74, 6) is 0.761. The van der Waals surface area contributed by atoms with Gasteiger partial charge in [0.1, 0.15) is 0 Å². The van der Waals surface area contributed by atoms with Gasteiger partial charge in [0.05, 0.1) is 6.61 Å². The minimum atomic E-state index is 0.687. The van der Waals surface area contributed by atoms with Crippen LogP contribution < -0.4 is 0 Å². The maximum atomic E-state index is 5.22. The average molecular weight is 185 g/mol. The molecule has 2 nitrogen and oxygen atoms in total. The number of rotatable bonds is 4. The van der Waals surface area contributed by atoms with Crippen molar-refractivity contribution in [3.8, 4) is 0 Å². The van der Waals surface area contributed by atoms with Crippen LogP contribution in [-0.2, 0) is 4.74 Å². The molecular weight excluding hydrogens is 162 g/mol. The molecule has 0 aromatic rings. The van der Waals surface area contributed by atoms with E-state index in [0.717, 1.165) is 18.6 Å². The predicted octanol–water partition coefficient (Wildman–Crippen LogP) is 2.14. The van der Waals surface area contributed by atoms with Crippen LogP contribution in [0.3, 0.4) is 0 Å². The molecule has 0 aromatic carbocycles. The van der Waals surface area contributed by atoms with Gasteiger partial charge in [-0.15, -0.1) is 0 Å². The van der Waals surface area contributed by atoms with Gasteiger partial charge in [-0.3, -0.25) is 4.90 Å². The molecule has 1 fully saturated rings. The molecule has 1 heterocycles. The minimum absolute atomic E-state index is 0.687. The maximum absolute atomic E-state index is 5.22. The van der Waals surface area contributed by atoms with E-state index in [2.05, 4.69) is 25.7 Å². The van der Waals surface area contributed by atoms with Crippen molar-refractivity contribution in [1.29, 1.82) is 0 Å². The molecule has 0 amide bonds. The predicted molar refractivity (Wildman–Crippen MR) is 55.9 cm³/mol. The van der Waals surface area contributed by atoms with Crippen LogP contribution >= 0.6 is 0 Å². The van der Waals surface area contributed by atoms with Crippen molar-refractivity contribution in [2.24, 2.45) is 5.92 Å². The molecule has 1 aliphatic heterocycles. The van der Waals surface area contributed by atoms with Gasteiger partial charge < -0.3 is 4.74 Å². The molecule has 1 saturated heterocycles. The molecule has 1 aliphatic rings. The fourth-order valence-corrected chi connectivity index (χ4v) is 2.43. The Labute approximate surface area is 82.3 Å². The van der Waals surface area contributed by atoms with E-state index in [9.17, 15) is 0 Å². The molecule has 0 aromatic heterocycles. The van der Waals surface area contributed by atoms with Crippen LogP contribution in [0.4, 0.5) is 0 Å². The molecule has 0 bridgehead atoms. The third kappa shape index (κ3) is 2.68. The Bertz CT molecular complexity index is 147. The monoisotopic (exact) mass is 185 g/mol. The minimum Gasteiger partial charge on any atom is -0.384 e. The lowest BCUT2D eigenvalue weighted by molar-refractivity contribution is 0.147. The summed E-state index contributed by atoms with van der Waals surface area (Å²) in [5, 5.41) is 0. The molecule has 0 radical (unpaired) electrons. The lowest BCUT2D eigenvalue weighted by Gasteiger charge is -2.27. The lowest BCUT2D eigenvalue weighted by atomic mass is 10.1. The Morgan fingerprint density at radius 2 is 2.15 bits per heavy atom. The van der Waals surface area contributed by atoms with Gasteiger partial charge in [0.2, 0.25) is 0 Å². The van der Waals surface area contributed by atoms with Crippen molar-refractivity contribution in [2.75, 3.05) is 20.3 Å². The van der Waals surface area contributed by atoms with E-state index in [-0.39, 0.29) is 0 Å². The number of hydrogen-bond acceptors (Lipinski definition) is 2. The summed E-state index contributed by atoms with van der Waals surface area (Å²) in [6, 6.07) is 1.48. The maximum Gasteiger partial charge on any atom is 0.0503 e. The van der Waals surface area contributed by atoms with Crippen LogP contribution in [0.1, 0.15) is 33.6 Å². The van der Waals surface area contributed by atoms with Crippen LogP contribution in [0.2, 0.25) is 0 Å². The Hall–Kier alpha value is -0.0800. The molecule has 13 heavy (non-hydrogen) atoms. The van der Waals surface area contributed by atoms with Crippen molar-refractivity contribution in [2.45, 2.75) is 45.7 Å². The lowest BCUT2D eigenvalue weighted by Crippen LogP contribution is -2.35. The van der Waals surface area contributed by atoms with E-state index >= 15 is 0 Å². The number of hydrogen-bond donors (Lipinski definition) is 0. The second-order valence-corrected chi connectivity index (χ2v) is 4.41. The molecule has 0 aliphatic carbocycles. The van der Waals surface area contributed by atoms with Crippen molar-refractivity contribution in [1.82, 2.24) is 4.90 Å².